The Balaban J connectivity index is -0.000000134. The molecule has 0 saturated heterocycles. The van der Waals surface area contributed by atoms with Gasteiger partial charge in [-0.1, -0.05) is 27.7 Å². The van der Waals surface area contributed by atoms with Crippen molar-refractivity contribution in [2.45, 2.75) is 34.6 Å². The van der Waals surface area contributed by atoms with E-state index < -0.39 is 0 Å². The van der Waals surface area contributed by atoms with E-state index >= 15 is 0 Å². The van der Waals surface area contributed by atoms with Gasteiger partial charge in [-0.25, -0.2) is 9.97 Å². The number of hydrogen-bond acceptors (Lipinski definition) is 5. The zero-order valence-corrected chi connectivity index (χ0v) is 24.3. The number of ether oxygens (including phenoxy) is 1. The van der Waals surface area contributed by atoms with E-state index in [-0.39, 0.29) is 105 Å². The van der Waals surface area contributed by atoms with Gasteiger partial charge in [0.25, 0.3) is 0 Å². The molecule has 0 saturated carbocycles. The fourth-order valence-electron chi connectivity index (χ4n) is 1.55. The number of aryl methyl sites for hydroxylation is 5. The summed E-state index contributed by atoms with van der Waals surface area (Å²) in [6.07, 6.45) is 0. The molecule has 23 heavy (non-hydrogen) atoms. The van der Waals surface area contributed by atoms with Gasteiger partial charge in [-0.2, -0.15) is 0 Å². The Morgan fingerprint density at radius 2 is 1.00 bits per heavy atom. The van der Waals surface area contributed by atoms with Crippen LogP contribution in [0.4, 0.5) is 0 Å². The van der Waals surface area contributed by atoms with Crippen LogP contribution in [-0.2, 0) is 65.4 Å². The fourth-order valence-corrected chi connectivity index (χ4v) is 1.55. The van der Waals surface area contributed by atoms with Crippen LogP contribution in [0.3, 0.4) is 0 Å². The molecule has 0 aromatic carbocycles. The molecule has 5 nitrogen and oxygen atoms in total. The van der Waals surface area contributed by atoms with Crippen LogP contribution in [0.5, 0.6) is 6.01 Å². The maximum atomic E-state index is 4.83. The molecule has 9 heteroatoms. The third-order valence-corrected chi connectivity index (χ3v) is 2.09. The van der Waals surface area contributed by atoms with Gasteiger partial charge in [0.15, 0.2) is 0 Å². The summed E-state index contributed by atoms with van der Waals surface area (Å²) in [5, 5.41) is 0. The van der Waals surface area contributed by atoms with Crippen molar-refractivity contribution >= 4 is 8.41 Å². The van der Waals surface area contributed by atoms with E-state index in [4.69, 9.17) is 4.74 Å². The summed E-state index contributed by atoms with van der Waals surface area (Å²) in [5.74, 6) is 0.823. The van der Waals surface area contributed by atoms with E-state index in [1.807, 2.05) is 34.6 Å². The maximum absolute atomic E-state index is 4.83. The van der Waals surface area contributed by atoms with Crippen molar-refractivity contribution in [1.29, 1.82) is 0 Å². The fraction of sp³-hybridized carbons (Fsp3) is 0.429. The van der Waals surface area contributed by atoms with Gasteiger partial charge >= 0.3 is 6.01 Å². The molecular weight excluding hydrogens is 667 g/mol. The topological polar surface area (TPSA) is 60.8 Å². The summed E-state index contributed by atoms with van der Waals surface area (Å²) in [5.41, 5.74) is 3.45. The number of nitrogens with zero attached hydrogens (tertiary/aromatic N) is 4. The largest absolute Gasteiger partial charge is 0.467 e. The van der Waals surface area contributed by atoms with E-state index in [0.29, 0.717) is 6.01 Å². The Morgan fingerprint density at radius 1 is 0.696 bits per heavy atom. The molecule has 0 atom stereocenters. The van der Waals surface area contributed by atoms with E-state index in [0.717, 1.165) is 28.6 Å². The molecule has 0 fully saturated rings. The second-order valence-electron chi connectivity index (χ2n) is 4.07. The standard InChI is InChI=1S/C7H9N2O.C7H9N2.B.U.2Y/c1-5-4-6(2)9-7(8-5)10-3;1-5-4-6(2)9-7(3)8-5;;;;/h1-3H3;1-3H3;;;;/q2*-1;;;;. The van der Waals surface area contributed by atoms with Gasteiger partial charge in [0.05, 0.1) is 7.11 Å². The summed E-state index contributed by atoms with van der Waals surface area (Å²) >= 11 is 0. The molecule has 2 aromatic rings. The molecule has 2 rings (SSSR count). The third kappa shape index (κ3) is 14.2. The molecule has 115 valence electrons. The first-order valence-corrected chi connectivity index (χ1v) is 5.90. The molecule has 0 aliphatic heterocycles. The monoisotopic (exact) mass is 685 g/mol. The normalized spacial score (nSPS) is 7.91. The van der Waals surface area contributed by atoms with Crippen LogP contribution in [0.1, 0.15) is 28.6 Å². The van der Waals surface area contributed by atoms with Gasteiger partial charge < -0.3 is 16.9 Å². The quantitative estimate of drug-likeness (QED) is 0.339. The smallest absolute Gasteiger partial charge is 0.310 e. The van der Waals surface area contributed by atoms with Gasteiger partial charge in [-0.3, -0.25) is 9.97 Å². The average molecular weight is 685 g/mol. The Bertz CT molecular complexity index is 506. The molecule has 0 aliphatic rings. The second kappa shape index (κ2) is 16.7. The first kappa shape index (κ1) is 32.0. The molecule has 2 aromatic heterocycles. The maximum Gasteiger partial charge on any atom is 0.310 e. The number of rotatable bonds is 1. The molecule has 0 aliphatic carbocycles. The van der Waals surface area contributed by atoms with Crippen molar-refractivity contribution in [3.63, 3.8) is 0 Å². The van der Waals surface area contributed by atoms with Crippen LogP contribution >= 0.6 is 0 Å². The van der Waals surface area contributed by atoms with E-state index in [2.05, 4.69) is 32.1 Å². The first-order chi connectivity index (χ1) is 8.90. The minimum Gasteiger partial charge on any atom is -0.467 e. The Labute approximate surface area is 215 Å². The zero-order chi connectivity index (χ0) is 14.4. The Hall–Kier alpha value is 1.28. The molecule has 0 N–H and O–H groups in total. The van der Waals surface area contributed by atoms with Gasteiger partial charge in [-0.05, 0) is 6.92 Å². The number of aromatic nitrogens is 4. The molecule has 0 bridgehead atoms. The van der Waals surface area contributed by atoms with Crippen molar-refractivity contribution in [3.05, 3.63) is 40.7 Å². The predicted molar refractivity (Wildman–Crippen MR) is 77.7 cm³/mol. The van der Waals surface area contributed by atoms with Gasteiger partial charge in [0.1, 0.15) is 5.82 Å². The van der Waals surface area contributed by atoms with Crippen molar-refractivity contribution in [2.24, 2.45) is 0 Å². The van der Waals surface area contributed by atoms with Crippen LogP contribution in [0.2, 0.25) is 0 Å². The van der Waals surface area contributed by atoms with Crippen molar-refractivity contribution in [3.8, 4) is 6.01 Å². The molecule has 0 amide bonds. The van der Waals surface area contributed by atoms with Crippen molar-refractivity contribution < 1.29 is 101 Å². The Kier molecular flexibility index (Phi) is 23.3. The van der Waals surface area contributed by atoms with Crippen LogP contribution < -0.4 is 4.74 Å². The van der Waals surface area contributed by atoms with Crippen LogP contribution in [0.25, 0.3) is 0 Å². The van der Waals surface area contributed by atoms with Gasteiger partial charge in [0.2, 0.25) is 0 Å². The van der Waals surface area contributed by atoms with Crippen LogP contribution in [0, 0.1) is 77.9 Å². The summed E-state index contributed by atoms with van der Waals surface area (Å²) in [7, 11) is 1.55. The molecular formula is C14H18BN4OUY2-2. The van der Waals surface area contributed by atoms with Crippen LogP contribution in [-0.4, -0.2) is 35.5 Å². The summed E-state index contributed by atoms with van der Waals surface area (Å²) < 4.78 is 4.83. The zero-order valence-electron chi connectivity index (χ0n) is 14.4. The van der Waals surface area contributed by atoms with Gasteiger partial charge in [0, 0.05) is 105 Å². The minimum atomic E-state index is 0. The Morgan fingerprint density at radius 3 is 1.26 bits per heavy atom. The molecule has 0 unspecified atom stereocenters. The number of hydrogen-bond donors (Lipinski definition) is 0. The number of methoxy groups -OCH3 is 1. The van der Waals surface area contributed by atoms with Crippen molar-refractivity contribution in [2.75, 3.05) is 7.11 Å². The third-order valence-electron chi connectivity index (χ3n) is 2.09. The average Bonchev–Trinajstić information content (AvgIpc) is 2.26. The molecule has 5 radical (unpaired) electrons. The molecule has 0 spiro atoms. The summed E-state index contributed by atoms with van der Waals surface area (Å²) in [4.78, 5) is 16.1. The van der Waals surface area contributed by atoms with E-state index in [1.54, 1.807) is 7.11 Å². The summed E-state index contributed by atoms with van der Waals surface area (Å²) in [6.45, 7) is 9.44. The van der Waals surface area contributed by atoms with E-state index in [1.165, 1.54) is 0 Å². The SMILES string of the molecule is COc1nc(C)[c-]c(C)n1.Cc1[c-]c(C)nc(C)n1.[B].[U].[Y].[Y]. The van der Waals surface area contributed by atoms with Gasteiger partial charge in [-0.15, -0.1) is 22.8 Å². The predicted octanol–water partition coefficient (Wildman–Crippen LogP) is 1.72. The van der Waals surface area contributed by atoms with E-state index in [9.17, 15) is 0 Å². The molecule has 2 heterocycles. The first-order valence-electron chi connectivity index (χ1n) is 5.90. The van der Waals surface area contributed by atoms with Crippen molar-refractivity contribution in [1.82, 2.24) is 19.9 Å². The second-order valence-corrected chi connectivity index (χ2v) is 4.07. The summed E-state index contributed by atoms with van der Waals surface area (Å²) in [6, 6.07) is 6.34. The minimum absolute atomic E-state index is 0. The van der Waals surface area contributed by atoms with Crippen LogP contribution in [0.15, 0.2) is 0 Å².